The van der Waals surface area contributed by atoms with E-state index in [4.69, 9.17) is 0 Å². The quantitative estimate of drug-likeness (QED) is 0.725. The highest BCUT2D eigenvalue weighted by atomic mass is 15.3. The fourth-order valence-corrected chi connectivity index (χ4v) is 2.33. The van der Waals surface area contributed by atoms with Crippen molar-refractivity contribution in [3.05, 3.63) is 47.0 Å². The van der Waals surface area contributed by atoms with Crippen LogP contribution < -0.4 is 5.32 Å². The van der Waals surface area contributed by atoms with E-state index < -0.39 is 0 Å². The van der Waals surface area contributed by atoms with E-state index in [1.807, 2.05) is 12.1 Å². The summed E-state index contributed by atoms with van der Waals surface area (Å²) >= 11 is 0. The lowest BCUT2D eigenvalue weighted by atomic mass is 10.1. The van der Waals surface area contributed by atoms with E-state index in [0.717, 1.165) is 30.3 Å². The molecule has 0 fully saturated rings. The minimum absolute atomic E-state index is 0.348. The highest BCUT2D eigenvalue weighted by Gasteiger charge is 2.19. The third kappa shape index (κ3) is 2.38. The molecule has 1 atom stereocenters. The van der Waals surface area contributed by atoms with Gasteiger partial charge in [-0.1, -0.05) is 18.1 Å². The lowest BCUT2D eigenvalue weighted by Gasteiger charge is -2.22. The Hall–Kier alpha value is -2.12. The molecular formula is C15H16N4. The maximum absolute atomic E-state index is 4.19. The maximum Gasteiger partial charge on any atom is 0.208 e. The van der Waals surface area contributed by atoms with Gasteiger partial charge in [0, 0.05) is 18.2 Å². The third-order valence-corrected chi connectivity index (χ3v) is 3.27. The second kappa shape index (κ2) is 4.87. The summed E-state index contributed by atoms with van der Waals surface area (Å²) in [5.41, 5.74) is 2.23. The Morgan fingerprint density at radius 3 is 3.05 bits per heavy atom. The van der Waals surface area contributed by atoms with Gasteiger partial charge in [0.25, 0.3) is 0 Å². The summed E-state index contributed by atoms with van der Waals surface area (Å²) in [6.45, 7) is 5.92. The van der Waals surface area contributed by atoms with Crippen molar-refractivity contribution in [2.24, 2.45) is 0 Å². The predicted molar refractivity (Wildman–Crippen MR) is 73.6 cm³/mol. The van der Waals surface area contributed by atoms with E-state index in [1.165, 1.54) is 5.56 Å². The third-order valence-electron chi connectivity index (χ3n) is 3.27. The molecule has 0 aliphatic carbocycles. The van der Waals surface area contributed by atoms with Gasteiger partial charge in [-0.05, 0) is 37.5 Å². The molecule has 1 unspecified atom stereocenters. The lowest BCUT2D eigenvalue weighted by molar-refractivity contribution is 0.419. The molecule has 0 saturated heterocycles. The molecule has 0 amide bonds. The number of hydrogen-bond acceptors (Lipinski definition) is 3. The fraction of sp³-hybridized carbons (Fsp3) is 0.333. The lowest BCUT2D eigenvalue weighted by Crippen LogP contribution is -2.32. The molecule has 2 aromatic rings. The number of nitrogens with one attached hydrogen (secondary N) is 1. The SMILES string of the molecule is Cc1cccc(C#Cc2nnc3n2C(C)CNC3)c1. The second-order valence-electron chi connectivity index (χ2n) is 4.91. The van der Waals surface area contributed by atoms with Gasteiger partial charge in [-0.15, -0.1) is 10.2 Å². The molecule has 1 aromatic heterocycles. The number of fused-ring (bicyclic) bond motifs is 1. The van der Waals surface area contributed by atoms with Gasteiger partial charge < -0.3 is 5.32 Å². The van der Waals surface area contributed by atoms with Gasteiger partial charge >= 0.3 is 0 Å². The summed E-state index contributed by atoms with van der Waals surface area (Å²) in [4.78, 5) is 0. The number of aromatic nitrogens is 3. The maximum atomic E-state index is 4.19. The molecule has 1 N–H and O–H groups in total. The molecule has 2 heterocycles. The van der Waals surface area contributed by atoms with Crippen LogP contribution in [0.5, 0.6) is 0 Å². The molecule has 1 aromatic carbocycles. The van der Waals surface area contributed by atoms with Crippen LogP contribution in [0, 0.1) is 18.8 Å². The standard InChI is InChI=1S/C15H16N4/c1-11-4-3-5-13(8-11)6-7-14-17-18-15-10-16-9-12(2)19(14)15/h3-5,8,12,16H,9-10H2,1-2H3. The normalized spacial score (nSPS) is 17.5. The molecule has 1 aliphatic rings. The fourth-order valence-electron chi connectivity index (χ4n) is 2.33. The molecule has 96 valence electrons. The highest BCUT2D eigenvalue weighted by Crippen LogP contribution is 2.15. The molecule has 0 radical (unpaired) electrons. The van der Waals surface area contributed by atoms with E-state index in [9.17, 15) is 0 Å². The van der Waals surface area contributed by atoms with Crippen LogP contribution >= 0.6 is 0 Å². The Morgan fingerprint density at radius 2 is 2.21 bits per heavy atom. The van der Waals surface area contributed by atoms with E-state index >= 15 is 0 Å². The zero-order chi connectivity index (χ0) is 13.2. The highest BCUT2D eigenvalue weighted by molar-refractivity contribution is 5.40. The van der Waals surface area contributed by atoms with Crippen molar-refractivity contribution in [1.82, 2.24) is 20.1 Å². The van der Waals surface area contributed by atoms with Crippen molar-refractivity contribution in [3.63, 3.8) is 0 Å². The van der Waals surface area contributed by atoms with Crippen LogP contribution in [0.2, 0.25) is 0 Å². The summed E-state index contributed by atoms with van der Waals surface area (Å²) in [6, 6.07) is 8.52. The van der Waals surface area contributed by atoms with Crippen LogP contribution in [0.4, 0.5) is 0 Å². The molecule has 4 nitrogen and oxygen atoms in total. The molecular weight excluding hydrogens is 236 g/mol. The van der Waals surface area contributed by atoms with Gasteiger partial charge in [-0.2, -0.15) is 0 Å². The average molecular weight is 252 g/mol. The molecule has 4 heteroatoms. The van der Waals surface area contributed by atoms with E-state index in [0.29, 0.717) is 6.04 Å². The van der Waals surface area contributed by atoms with Crippen molar-refractivity contribution in [2.75, 3.05) is 6.54 Å². The predicted octanol–water partition coefficient (Wildman–Crippen LogP) is 1.65. The van der Waals surface area contributed by atoms with Crippen molar-refractivity contribution in [2.45, 2.75) is 26.4 Å². The van der Waals surface area contributed by atoms with Crippen LogP contribution in [0.25, 0.3) is 0 Å². The number of benzene rings is 1. The molecule has 1 aliphatic heterocycles. The van der Waals surface area contributed by atoms with Crippen LogP contribution in [0.15, 0.2) is 24.3 Å². The summed E-state index contributed by atoms with van der Waals surface area (Å²) in [5, 5.41) is 11.7. The summed E-state index contributed by atoms with van der Waals surface area (Å²) < 4.78 is 2.12. The molecule has 0 saturated carbocycles. The van der Waals surface area contributed by atoms with E-state index in [2.05, 4.69) is 57.9 Å². The Morgan fingerprint density at radius 1 is 1.32 bits per heavy atom. The minimum Gasteiger partial charge on any atom is -0.308 e. The van der Waals surface area contributed by atoms with E-state index in [1.54, 1.807) is 0 Å². The second-order valence-corrected chi connectivity index (χ2v) is 4.91. The van der Waals surface area contributed by atoms with Crippen molar-refractivity contribution >= 4 is 0 Å². The Labute approximate surface area is 112 Å². The van der Waals surface area contributed by atoms with Crippen molar-refractivity contribution < 1.29 is 0 Å². The smallest absolute Gasteiger partial charge is 0.208 e. The largest absolute Gasteiger partial charge is 0.308 e. The minimum atomic E-state index is 0.348. The molecule has 3 rings (SSSR count). The van der Waals surface area contributed by atoms with E-state index in [-0.39, 0.29) is 0 Å². The monoisotopic (exact) mass is 252 g/mol. The molecule has 0 spiro atoms. The van der Waals surface area contributed by atoms with Gasteiger partial charge in [0.15, 0.2) is 0 Å². The average Bonchev–Trinajstić information content (AvgIpc) is 2.81. The number of aryl methyl sites for hydroxylation is 1. The summed E-state index contributed by atoms with van der Waals surface area (Å²) in [6.07, 6.45) is 0. The van der Waals surface area contributed by atoms with Gasteiger partial charge in [-0.3, -0.25) is 4.57 Å². The first kappa shape index (κ1) is 11.9. The molecule has 19 heavy (non-hydrogen) atoms. The Kier molecular flexibility index (Phi) is 3.06. The van der Waals surface area contributed by atoms with Crippen LogP contribution in [-0.4, -0.2) is 21.3 Å². The first-order chi connectivity index (χ1) is 9.24. The first-order valence-corrected chi connectivity index (χ1v) is 6.47. The Bertz CT molecular complexity index is 660. The van der Waals surface area contributed by atoms with Crippen LogP contribution in [0.3, 0.4) is 0 Å². The number of rotatable bonds is 0. The van der Waals surface area contributed by atoms with Crippen LogP contribution in [-0.2, 0) is 6.54 Å². The van der Waals surface area contributed by atoms with Gasteiger partial charge in [0.2, 0.25) is 5.82 Å². The summed E-state index contributed by atoms with van der Waals surface area (Å²) in [5.74, 6) is 8.02. The van der Waals surface area contributed by atoms with Crippen molar-refractivity contribution in [1.29, 1.82) is 0 Å². The van der Waals surface area contributed by atoms with Gasteiger partial charge in [0.05, 0.1) is 6.54 Å². The van der Waals surface area contributed by atoms with Crippen LogP contribution in [0.1, 0.15) is 35.7 Å². The molecule has 0 bridgehead atoms. The number of nitrogens with zero attached hydrogens (tertiary/aromatic N) is 3. The summed E-state index contributed by atoms with van der Waals surface area (Å²) in [7, 11) is 0. The van der Waals surface area contributed by atoms with Gasteiger partial charge in [-0.25, -0.2) is 0 Å². The Balaban J connectivity index is 1.95. The van der Waals surface area contributed by atoms with Gasteiger partial charge in [0.1, 0.15) is 5.82 Å². The number of hydrogen-bond donors (Lipinski definition) is 1. The first-order valence-electron chi connectivity index (χ1n) is 6.47. The topological polar surface area (TPSA) is 42.7 Å². The zero-order valence-electron chi connectivity index (χ0n) is 11.1. The zero-order valence-corrected chi connectivity index (χ0v) is 11.1. The van der Waals surface area contributed by atoms with Crippen molar-refractivity contribution in [3.8, 4) is 11.8 Å².